The molecule has 0 saturated carbocycles. The van der Waals surface area contributed by atoms with Crippen molar-refractivity contribution in [2.45, 2.75) is 78.6 Å². The maximum absolute atomic E-state index is 10.7. The number of carbonyl (C=O) groups excluding carboxylic acids is 1. The number of carbonyl (C=O) groups is 1. The molecule has 0 N–H and O–H groups in total. The first kappa shape index (κ1) is 15.5. The van der Waals surface area contributed by atoms with E-state index < -0.39 is 11.4 Å². The van der Waals surface area contributed by atoms with Gasteiger partial charge in [-0.15, -0.1) is 0 Å². The molecule has 1 radical (unpaired) electrons. The molecule has 0 saturated heterocycles. The van der Waals surface area contributed by atoms with Gasteiger partial charge in [-0.05, 0) is 20.3 Å². The summed E-state index contributed by atoms with van der Waals surface area (Å²) in [4.78, 5) is 10.7. The first-order valence-corrected chi connectivity index (χ1v) is 6.72. The van der Waals surface area contributed by atoms with E-state index in [-0.39, 0.29) is 0 Å². The van der Waals surface area contributed by atoms with Crippen molar-refractivity contribution in [1.82, 2.24) is 0 Å². The summed E-state index contributed by atoms with van der Waals surface area (Å²) in [5.41, 5.74) is -0.651. The van der Waals surface area contributed by atoms with Crippen molar-refractivity contribution < 1.29 is 9.90 Å². The smallest absolute Gasteiger partial charge is 0.247 e. The number of rotatable bonds is 10. The Kier molecular flexibility index (Phi) is 8.32. The maximum Gasteiger partial charge on any atom is 0.361 e. The molecule has 95 valence electrons. The topological polar surface area (TPSA) is 37.0 Å². The Balaban J connectivity index is 3.30. The average Bonchev–Trinajstić information content (AvgIpc) is 2.21. The highest BCUT2D eigenvalue weighted by atomic mass is 16.4. The summed E-state index contributed by atoms with van der Waals surface area (Å²) in [6.45, 7) is 5.73. The van der Waals surface area contributed by atoms with Gasteiger partial charge >= 0.3 is 5.97 Å². The molecule has 0 bridgehead atoms. The summed E-state index contributed by atoms with van der Waals surface area (Å²) < 4.78 is 0. The zero-order chi connectivity index (χ0) is 12.4. The predicted molar refractivity (Wildman–Crippen MR) is 66.7 cm³/mol. The molecule has 0 aromatic heterocycles. The minimum Gasteiger partial charge on any atom is -0.247 e. The lowest BCUT2D eigenvalue weighted by atomic mass is 9.87. The van der Waals surface area contributed by atoms with Crippen LogP contribution >= 0.6 is 0 Å². The minimum absolute atomic E-state index is 0.651. The zero-order valence-corrected chi connectivity index (χ0v) is 11.2. The molecule has 0 amide bonds. The first-order chi connectivity index (χ1) is 7.50. The van der Waals surface area contributed by atoms with E-state index in [1.54, 1.807) is 13.8 Å². The molecule has 0 aromatic rings. The molecule has 16 heavy (non-hydrogen) atoms. The van der Waals surface area contributed by atoms with Crippen molar-refractivity contribution in [3.63, 3.8) is 0 Å². The zero-order valence-electron chi connectivity index (χ0n) is 11.2. The fraction of sp³-hybridized carbons (Fsp3) is 0.929. The number of hydrogen-bond acceptors (Lipinski definition) is 1. The van der Waals surface area contributed by atoms with Crippen molar-refractivity contribution in [1.29, 1.82) is 0 Å². The predicted octanol–water partition coefficient (Wildman–Crippen LogP) is 4.50. The van der Waals surface area contributed by atoms with E-state index in [0.717, 1.165) is 19.3 Å². The van der Waals surface area contributed by atoms with Gasteiger partial charge in [0.1, 0.15) is 0 Å². The molecule has 0 aliphatic heterocycles. The van der Waals surface area contributed by atoms with Gasteiger partial charge in [-0.1, -0.05) is 58.3 Å². The maximum atomic E-state index is 10.7. The summed E-state index contributed by atoms with van der Waals surface area (Å²) >= 11 is 0. The van der Waals surface area contributed by atoms with Gasteiger partial charge in [-0.2, -0.15) is 0 Å². The van der Waals surface area contributed by atoms with Crippen LogP contribution in [0.1, 0.15) is 78.6 Å². The van der Waals surface area contributed by atoms with Crippen molar-refractivity contribution in [2.24, 2.45) is 5.41 Å². The van der Waals surface area contributed by atoms with Gasteiger partial charge in [0.25, 0.3) is 0 Å². The molecule has 0 fully saturated rings. The lowest BCUT2D eigenvalue weighted by Gasteiger charge is -2.16. The highest BCUT2D eigenvalue weighted by Gasteiger charge is 2.27. The van der Waals surface area contributed by atoms with Crippen molar-refractivity contribution >= 4 is 5.97 Å². The summed E-state index contributed by atoms with van der Waals surface area (Å²) in [7, 11) is 0. The normalized spacial score (nSPS) is 11.7. The minimum atomic E-state index is -0.921. The second-order valence-electron chi connectivity index (χ2n) is 5.40. The third kappa shape index (κ3) is 7.72. The summed E-state index contributed by atoms with van der Waals surface area (Å²) in [6.07, 6.45) is 10.8. The van der Waals surface area contributed by atoms with Gasteiger partial charge in [0.15, 0.2) is 0 Å². The second-order valence-corrected chi connectivity index (χ2v) is 5.40. The Morgan fingerprint density at radius 1 is 0.875 bits per heavy atom. The first-order valence-electron chi connectivity index (χ1n) is 6.72. The summed E-state index contributed by atoms with van der Waals surface area (Å²) in [5, 5.41) is 10.7. The number of unbranched alkanes of at least 4 members (excludes halogenated alkanes) is 7. The Morgan fingerprint density at radius 3 is 1.75 bits per heavy atom. The van der Waals surface area contributed by atoms with Crippen molar-refractivity contribution in [2.75, 3.05) is 0 Å². The highest BCUT2D eigenvalue weighted by molar-refractivity contribution is 5.73. The molecule has 2 nitrogen and oxygen atoms in total. The van der Waals surface area contributed by atoms with Gasteiger partial charge in [0, 0.05) is 0 Å². The SMILES string of the molecule is CCCCCCCCCCC(C)(C)C([O])=O. The summed E-state index contributed by atoms with van der Waals surface area (Å²) in [6, 6.07) is 0. The highest BCUT2D eigenvalue weighted by Crippen LogP contribution is 2.24. The van der Waals surface area contributed by atoms with Crippen LogP contribution in [0.4, 0.5) is 0 Å². The molecule has 0 aliphatic carbocycles. The van der Waals surface area contributed by atoms with Crippen LogP contribution in [0.2, 0.25) is 0 Å². The van der Waals surface area contributed by atoms with Gasteiger partial charge < -0.3 is 0 Å². The standard InChI is InChI=1S/C14H27O2/c1-4-5-6-7-8-9-10-11-12-14(2,3)13(15)16/h4-12H2,1-3H3. The largest absolute Gasteiger partial charge is 0.361 e. The number of hydrogen-bond donors (Lipinski definition) is 0. The van der Waals surface area contributed by atoms with E-state index in [1.807, 2.05) is 0 Å². The third-order valence-electron chi connectivity index (χ3n) is 3.21. The van der Waals surface area contributed by atoms with E-state index in [4.69, 9.17) is 0 Å². The van der Waals surface area contributed by atoms with Gasteiger partial charge in [0.05, 0.1) is 5.41 Å². The Morgan fingerprint density at radius 2 is 1.31 bits per heavy atom. The van der Waals surface area contributed by atoms with Crippen LogP contribution < -0.4 is 0 Å². The molecule has 0 aromatic carbocycles. The van der Waals surface area contributed by atoms with Gasteiger partial charge in [0.2, 0.25) is 0 Å². The average molecular weight is 227 g/mol. The van der Waals surface area contributed by atoms with Crippen LogP contribution in [0.5, 0.6) is 0 Å². The Bertz CT molecular complexity index is 185. The van der Waals surface area contributed by atoms with E-state index in [2.05, 4.69) is 6.92 Å². The van der Waals surface area contributed by atoms with Crippen LogP contribution in [0.25, 0.3) is 0 Å². The molecular weight excluding hydrogens is 200 g/mol. The van der Waals surface area contributed by atoms with E-state index in [0.29, 0.717) is 0 Å². The van der Waals surface area contributed by atoms with Crippen LogP contribution in [-0.2, 0) is 9.90 Å². The lowest BCUT2D eigenvalue weighted by molar-refractivity contribution is -0.153. The van der Waals surface area contributed by atoms with Crippen LogP contribution in [0.15, 0.2) is 0 Å². The molecule has 0 unspecified atom stereocenters. The molecule has 0 aliphatic rings. The molecule has 0 atom stereocenters. The Labute approximate surface area is 100 Å². The van der Waals surface area contributed by atoms with E-state index in [9.17, 15) is 9.90 Å². The van der Waals surface area contributed by atoms with E-state index >= 15 is 0 Å². The quantitative estimate of drug-likeness (QED) is 0.506. The fourth-order valence-corrected chi connectivity index (χ4v) is 1.80. The molecular formula is C14H27O2. The Hall–Kier alpha value is -0.530. The van der Waals surface area contributed by atoms with Crippen LogP contribution in [0.3, 0.4) is 0 Å². The van der Waals surface area contributed by atoms with Gasteiger partial charge in [-0.3, -0.25) is 0 Å². The van der Waals surface area contributed by atoms with Crippen molar-refractivity contribution in [3.05, 3.63) is 0 Å². The lowest BCUT2D eigenvalue weighted by Crippen LogP contribution is -2.22. The monoisotopic (exact) mass is 227 g/mol. The summed E-state index contributed by atoms with van der Waals surface area (Å²) in [5.74, 6) is -0.921. The van der Waals surface area contributed by atoms with Gasteiger partial charge in [-0.25, -0.2) is 9.90 Å². The molecule has 0 spiro atoms. The fourth-order valence-electron chi connectivity index (χ4n) is 1.80. The van der Waals surface area contributed by atoms with E-state index in [1.165, 1.54) is 38.5 Å². The molecule has 0 heterocycles. The molecule has 0 rings (SSSR count). The van der Waals surface area contributed by atoms with Crippen LogP contribution in [-0.4, -0.2) is 5.97 Å². The molecule has 2 heteroatoms. The third-order valence-corrected chi connectivity index (χ3v) is 3.21. The van der Waals surface area contributed by atoms with Crippen LogP contribution in [0, 0.1) is 5.41 Å². The second kappa shape index (κ2) is 8.60. The van der Waals surface area contributed by atoms with Crippen molar-refractivity contribution in [3.8, 4) is 0 Å².